The van der Waals surface area contributed by atoms with E-state index in [9.17, 15) is 26.9 Å². The van der Waals surface area contributed by atoms with Crippen LogP contribution in [0.2, 0.25) is 4.34 Å². The first-order valence-electron chi connectivity index (χ1n) is 5.62. The molecule has 1 saturated heterocycles. The van der Waals surface area contributed by atoms with Crippen molar-refractivity contribution in [3.05, 3.63) is 20.5 Å². The van der Waals surface area contributed by atoms with Gasteiger partial charge in [0.1, 0.15) is 4.21 Å². The number of nitrogens with zero attached hydrogens (tertiary/aromatic N) is 1. The van der Waals surface area contributed by atoms with Gasteiger partial charge in [-0.3, -0.25) is 10.1 Å². The second kappa shape index (κ2) is 5.16. The Bertz CT molecular complexity index is 799. The molecule has 1 aromatic rings. The lowest BCUT2D eigenvalue weighted by molar-refractivity contribution is -0.384. The summed E-state index contributed by atoms with van der Waals surface area (Å²) in [6.45, 7) is 1.48. The lowest BCUT2D eigenvalue weighted by Gasteiger charge is -2.22. The fourth-order valence-corrected chi connectivity index (χ4v) is 7.35. The fourth-order valence-electron chi connectivity index (χ4n) is 2.06. The first kappa shape index (κ1) is 16.6. The molecule has 21 heavy (non-hydrogen) atoms. The zero-order valence-electron chi connectivity index (χ0n) is 10.7. The zero-order chi connectivity index (χ0) is 16.1. The van der Waals surface area contributed by atoms with Crippen LogP contribution in [0, 0.1) is 10.1 Å². The first-order chi connectivity index (χ1) is 9.44. The van der Waals surface area contributed by atoms with Gasteiger partial charge in [-0.25, -0.2) is 21.6 Å². The first-order valence-corrected chi connectivity index (χ1v) is 10.1. The number of halogens is 1. The quantitative estimate of drug-likeness (QED) is 0.623. The molecule has 8 nitrogen and oxygen atoms in total. The van der Waals surface area contributed by atoms with Gasteiger partial charge >= 0.3 is 0 Å². The predicted octanol–water partition coefficient (Wildman–Crippen LogP) is 1.17. The maximum atomic E-state index is 12.2. The summed E-state index contributed by atoms with van der Waals surface area (Å²) in [5, 5.41) is 10.7. The second-order valence-electron chi connectivity index (χ2n) is 4.99. The van der Waals surface area contributed by atoms with Gasteiger partial charge in [0.25, 0.3) is 15.7 Å². The van der Waals surface area contributed by atoms with E-state index >= 15 is 0 Å². The van der Waals surface area contributed by atoms with Gasteiger partial charge in [0.15, 0.2) is 14.2 Å². The second-order valence-corrected chi connectivity index (χ2v) is 10.7. The van der Waals surface area contributed by atoms with E-state index in [1.807, 2.05) is 0 Å². The Balaban J connectivity index is 2.31. The van der Waals surface area contributed by atoms with Crippen molar-refractivity contribution in [1.29, 1.82) is 0 Å². The van der Waals surface area contributed by atoms with E-state index in [2.05, 4.69) is 4.72 Å². The van der Waals surface area contributed by atoms with Crippen molar-refractivity contribution in [3.63, 3.8) is 0 Å². The van der Waals surface area contributed by atoms with Crippen LogP contribution in [0.4, 0.5) is 5.69 Å². The molecule has 0 aliphatic carbocycles. The van der Waals surface area contributed by atoms with Crippen LogP contribution in [-0.4, -0.2) is 38.8 Å². The van der Waals surface area contributed by atoms with E-state index in [1.54, 1.807) is 0 Å². The molecule has 118 valence electrons. The van der Waals surface area contributed by atoms with E-state index in [0.717, 1.165) is 6.07 Å². The minimum Gasteiger partial charge on any atom is -0.258 e. The van der Waals surface area contributed by atoms with E-state index in [0.29, 0.717) is 11.3 Å². The Kier molecular flexibility index (Phi) is 4.08. The van der Waals surface area contributed by atoms with Crippen LogP contribution in [-0.2, 0) is 19.9 Å². The maximum Gasteiger partial charge on any atom is 0.300 e. The highest BCUT2D eigenvalue weighted by Gasteiger charge is 2.42. The molecule has 2 rings (SSSR count). The van der Waals surface area contributed by atoms with Crippen LogP contribution in [0.15, 0.2) is 10.3 Å². The molecule has 0 spiro atoms. The number of hydrogen-bond acceptors (Lipinski definition) is 7. The van der Waals surface area contributed by atoms with Crippen LogP contribution in [0.5, 0.6) is 0 Å². The van der Waals surface area contributed by atoms with Gasteiger partial charge in [0, 0.05) is 11.6 Å². The molecule has 1 N–H and O–H groups in total. The normalized spacial score (nSPS) is 25.0. The Hall–Kier alpha value is -0.750. The molecule has 1 fully saturated rings. The monoisotopic (exact) mass is 374 g/mol. The summed E-state index contributed by atoms with van der Waals surface area (Å²) in [6, 6.07) is 0.863. The Labute approximate surface area is 130 Å². The lowest BCUT2D eigenvalue weighted by atomic mass is 10.0. The molecule has 0 saturated carbocycles. The minimum atomic E-state index is -4.07. The molecule has 0 amide bonds. The van der Waals surface area contributed by atoms with E-state index < -0.39 is 36.0 Å². The topological polar surface area (TPSA) is 123 Å². The number of nitro groups is 1. The van der Waals surface area contributed by atoms with Gasteiger partial charge in [-0.15, -0.1) is 11.3 Å². The van der Waals surface area contributed by atoms with Gasteiger partial charge in [0.05, 0.1) is 16.4 Å². The number of rotatable bonds is 4. The summed E-state index contributed by atoms with van der Waals surface area (Å²) in [6.07, 6.45) is 0.149. The van der Waals surface area contributed by atoms with E-state index in [1.165, 1.54) is 6.92 Å². The summed E-state index contributed by atoms with van der Waals surface area (Å²) in [5.74, 6) is -0.405. The molecule has 1 atom stereocenters. The van der Waals surface area contributed by atoms with Crippen molar-refractivity contribution in [2.75, 3.05) is 11.5 Å². The summed E-state index contributed by atoms with van der Waals surface area (Å²) < 4.78 is 49.1. The van der Waals surface area contributed by atoms with Gasteiger partial charge in [-0.1, -0.05) is 11.6 Å². The number of nitrogens with one attached hydrogen (secondary N) is 1. The number of hydrogen-bond donors (Lipinski definition) is 1. The summed E-state index contributed by atoms with van der Waals surface area (Å²) in [7, 11) is -7.36. The van der Waals surface area contributed by atoms with Gasteiger partial charge in [0.2, 0.25) is 0 Å². The molecule has 1 unspecified atom stereocenters. The SMILES string of the molecule is CC1(NS(=O)(=O)c2cc([N+](=O)[O-])c(Cl)s2)CCS(=O)(=O)C1. The summed E-state index contributed by atoms with van der Waals surface area (Å²) >= 11 is 6.19. The molecule has 2 heterocycles. The van der Waals surface area contributed by atoms with Crippen molar-refractivity contribution in [2.24, 2.45) is 0 Å². The number of thiophene rings is 1. The third kappa shape index (κ3) is 3.54. The third-order valence-electron chi connectivity index (χ3n) is 2.99. The van der Waals surface area contributed by atoms with Crippen LogP contribution in [0.25, 0.3) is 0 Å². The molecular formula is C9H11ClN2O6S3. The Morgan fingerprint density at radius 2 is 2.14 bits per heavy atom. The van der Waals surface area contributed by atoms with Crippen molar-refractivity contribution in [2.45, 2.75) is 23.1 Å². The van der Waals surface area contributed by atoms with Crippen molar-refractivity contribution >= 4 is 48.5 Å². The molecule has 0 radical (unpaired) electrons. The summed E-state index contributed by atoms with van der Waals surface area (Å²) in [5.41, 5.74) is -1.62. The van der Waals surface area contributed by atoms with Gasteiger partial charge in [-0.05, 0) is 13.3 Å². The van der Waals surface area contributed by atoms with E-state index in [-0.39, 0.29) is 26.5 Å². The molecular weight excluding hydrogens is 364 g/mol. The molecule has 12 heteroatoms. The van der Waals surface area contributed by atoms with Crippen molar-refractivity contribution in [3.8, 4) is 0 Å². The average molecular weight is 375 g/mol. The van der Waals surface area contributed by atoms with Crippen LogP contribution in [0.3, 0.4) is 0 Å². The largest absolute Gasteiger partial charge is 0.300 e. The number of sulfonamides is 1. The highest BCUT2D eigenvalue weighted by Crippen LogP contribution is 2.37. The molecule has 1 aliphatic heterocycles. The minimum absolute atomic E-state index is 0.0998. The maximum absolute atomic E-state index is 12.2. The van der Waals surface area contributed by atoms with Crippen molar-refractivity contribution < 1.29 is 21.8 Å². The Morgan fingerprint density at radius 1 is 1.52 bits per heavy atom. The molecule has 0 bridgehead atoms. The van der Waals surface area contributed by atoms with Gasteiger partial charge < -0.3 is 0 Å². The Morgan fingerprint density at radius 3 is 2.57 bits per heavy atom. The lowest BCUT2D eigenvalue weighted by Crippen LogP contribution is -2.46. The molecule has 1 aromatic heterocycles. The average Bonchev–Trinajstić information content (AvgIpc) is 2.79. The predicted molar refractivity (Wildman–Crippen MR) is 78.0 cm³/mol. The van der Waals surface area contributed by atoms with Crippen LogP contribution >= 0.6 is 22.9 Å². The highest BCUT2D eigenvalue weighted by molar-refractivity contribution is 7.92. The standard InChI is InChI=1S/C9H11ClN2O6S3/c1-9(2-3-20(15,16)5-9)11-21(17,18)7-4-6(12(13)14)8(10)19-7/h4,11H,2-3,5H2,1H3. The molecule has 0 aromatic carbocycles. The van der Waals surface area contributed by atoms with Gasteiger partial charge in [-0.2, -0.15) is 0 Å². The van der Waals surface area contributed by atoms with Crippen molar-refractivity contribution in [1.82, 2.24) is 4.72 Å². The molecule has 1 aliphatic rings. The number of sulfone groups is 1. The van der Waals surface area contributed by atoms with Crippen LogP contribution < -0.4 is 4.72 Å². The highest BCUT2D eigenvalue weighted by atomic mass is 35.5. The van der Waals surface area contributed by atoms with Crippen LogP contribution in [0.1, 0.15) is 13.3 Å². The third-order valence-corrected chi connectivity index (χ3v) is 8.34. The summed E-state index contributed by atoms with van der Waals surface area (Å²) in [4.78, 5) is 9.91. The fraction of sp³-hybridized carbons (Fsp3) is 0.556. The zero-order valence-corrected chi connectivity index (χ0v) is 13.9. The smallest absolute Gasteiger partial charge is 0.258 e. The van der Waals surface area contributed by atoms with E-state index in [4.69, 9.17) is 11.6 Å².